The summed E-state index contributed by atoms with van der Waals surface area (Å²) in [5, 5.41) is 6.81. The maximum atomic E-state index is 12.2. The highest BCUT2D eigenvalue weighted by molar-refractivity contribution is 5.98. The zero-order valence-corrected chi connectivity index (χ0v) is 14.2. The molecule has 3 aromatic rings. The quantitative estimate of drug-likeness (QED) is 0.509. The summed E-state index contributed by atoms with van der Waals surface area (Å²) in [4.78, 5) is 28.2. The first-order valence-electron chi connectivity index (χ1n) is 8.07. The summed E-state index contributed by atoms with van der Waals surface area (Å²) in [7, 11) is 0. The topological polar surface area (TPSA) is 94.8 Å². The van der Waals surface area contributed by atoms with Crippen LogP contribution in [0.4, 0.5) is 0 Å². The molecule has 8 heteroatoms. The van der Waals surface area contributed by atoms with Crippen LogP contribution in [0.15, 0.2) is 48.8 Å². The molecule has 8 nitrogen and oxygen atoms in total. The van der Waals surface area contributed by atoms with Gasteiger partial charge in [-0.2, -0.15) is 5.10 Å². The van der Waals surface area contributed by atoms with E-state index >= 15 is 0 Å². The van der Waals surface area contributed by atoms with Gasteiger partial charge in [-0.1, -0.05) is 18.2 Å². The Balaban J connectivity index is 1.45. The summed E-state index contributed by atoms with van der Waals surface area (Å²) < 4.78 is 12.0. The van der Waals surface area contributed by atoms with Crippen LogP contribution in [0.3, 0.4) is 0 Å². The van der Waals surface area contributed by atoms with E-state index in [1.807, 2.05) is 30.3 Å². The number of fused-ring (bicyclic) bond motifs is 1. The lowest BCUT2D eigenvalue weighted by atomic mass is 10.2. The van der Waals surface area contributed by atoms with Gasteiger partial charge in [-0.15, -0.1) is 0 Å². The van der Waals surface area contributed by atoms with Crippen LogP contribution in [0.2, 0.25) is 0 Å². The second-order valence-corrected chi connectivity index (χ2v) is 5.44. The number of aromatic nitrogens is 3. The van der Waals surface area contributed by atoms with Crippen molar-refractivity contribution in [1.29, 1.82) is 0 Å². The number of aryl methyl sites for hydroxylation is 1. The Morgan fingerprint density at radius 1 is 1.19 bits per heavy atom. The number of nitrogens with zero attached hydrogens (tertiary/aromatic N) is 3. The van der Waals surface area contributed by atoms with Crippen molar-refractivity contribution in [3.63, 3.8) is 0 Å². The van der Waals surface area contributed by atoms with Crippen molar-refractivity contribution in [3.8, 4) is 5.75 Å². The van der Waals surface area contributed by atoms with Crippen LogP contribution in [0.5, 0.6) is 5.75 Å². The molecule has 0 unspecified atom stereocenters. The van der Waals surface area contributed by atoms with E-state index in [0.29, 0.717) is 24.5 Å². The first kappa shape index (κ1) is 17.4. The van der Waals surface area contributed by atoms with Crippen LogP contribution in [0.1, 0.15) is 16.1 Å². The van der Waals surface area contributed by atoms with Crippen molar-refractivity contribution in [3.05, 3.63) is 60.0 Å². The zero-order chi connectivity index (χ0) is 18.4. The van der Waals surface area contributed by atoms with Gasteiger partial charge in [0.05, 0.1) is 12.2 Å². The highest BCUT2D eigenvalue weighted by Crippen LogP contribution is 2.13. The van der Waals surface area contributed by atoms with Crippen LogP contribution in [-0.4, -0.2) is 46.2 Å². The number of carbonyl (C=O) groups excluding carboxylic acids is 2. The number of nitrogens with one attached hydrogen (secondary N) is 1. The summed E-state index contributed by atoms with van der Waals surface area (Å²) in [5.41, 5.74) is 1.14. The number of benzene rings is 1. The van der Waals surface area contributed by atoms with Crippen molar-refractivity contribution in [2.24, 2.45) is 0 Å². The highest BCUT2D eigenvalue weighted by atomic mass is 16.5. The van der Waals surface area contributed by atoms with Crippen LogP contribution in [-0.2, 0) is 9.53 Å². The minimum Gasteiger partial charge on any atom is -0.492 e. The molecular weight excluding hydrogens is 336 g/mol. The lowest BCUT2D eigenvalue weighted by molar-refractivity contribution is -0.124. The normalized spacial score (nSPS) is 10.5. The monoisotopic (exact) mass is 354 g/mol. The van der Waals surface area contributed by atoms with E-state index < -0.39 is 11.9 Å². The molecule has 2 heterocycles. The molecule has 0 aliphatic rings. The van der Waals surface area contributed by atoms with E-state index in [4.69, 9.17) is 9.47 Å². The van der Waals surface area contributed by atoms with Crippen LogP contribution < -0.4 is 10.1 Å². The van der Waals surface area contributed by atoms with Gasteiger partial charge in [-0.25, -0.2) is 14.3 Å². The molecule has 0 fully saturated rings. The van der Waals surface area contributed by atoms with E-state index in [9.17, 15) is 9.59 Å². The molecule has 0 aliphatic heterocycles. The molecule has 0 aliphatic carbocycles. The predicted molar refractivity (Wildman–Crippen MR) is 93.0 cm³/mol. The number of carbonyl (C=O) groups is 2. The SMILES string of the molecule is Cc1nn2cccnc2c1C(=O)OCC(=O)NCCOc1ccccc1. The minimum atomic E-state index is -0.633. The van der Waals surface area contributed by atoms with Crippen molar-refractivity contribution in [2.75, 3.05) is 19.8 Å². The van der Waals surface area contributed by atoms with E-state index in [0.717, 1.165) is 5.75 Å². The number of amides is 1. The Labute approximate surface area is 149 Å². The number of esters is 1. The Hall–Kier alpha value is -3.42. The van der Waals surface area contributed by atoms with E-state index in [2.05, 4.69) is 15.4 Å². The van der Waals surface area contributed by atoms with Gasteiger partial charge in [-0.3, -0.25) is 4.79 Å². The van der Waals surface area contributed by atoms with E-state index in [1.54, 1.807) is 25.4 Å². The van der Waals surface area contributed by atoms with Gasteiger partial charge >= 0.3 is 5.97 Å². The number of hydrogen-bond acceptors (Lipinski definition) is 6. The molecule has 2 aromatic heterocycles. The third-order valence-corrected chi connectivity index (χ3v) is 3.54. The Bertz CT molecular complexity index is 908. The number of ether oxygens (including phenoxy) is 2. The van der Waals surface area contributed by atoms with Gasteiger partial charge in [0.2, 0.25) is 0 Å². The van der Waals surface area contributed by atoms with Gasteiger partial charge in [0.1, 0.15) is 17.9 Å². The average molecular weight is 354 g/mol. The molecule has 3 rings (SSSR count). The van der Waals surface area contributed by atoms with Crippen molar-refractivity contribution < 1.29 is 19.1 Å². The minimum absolute atomic E-state index is 0.255. The largest absolute Gasteiger partial charge is 0.492 e. The summed E-state index contributed by atoms with van der Waals surface area (Å²) in [6.07, 6.45) is 3.25. The molecular formula is C18H18N4O4. The highest BCUT2D eigenvalue weighted by Gasteiger charge is 2.20. The smallest absolute Gasteiger partial charge is 0.344 e. The standard InChI is InChI=1S/C18H18N4O4/c1-13-16(17-20-8-5-10-22(17)21-13)18(24)26-12-15(23)19-9-11-25-14-6-3-2-4-7-14/h2-8,10H,9,11-12H2,1H3,(H,19,23). The molecule has 26 heavy (non-hydrogen) atoms. The van der Waals surface area contributed by atoms with Gasteiger partial charge < -0.3 is 14.8 Å². The molecule has 0 atom stereocenters. The maximum absolute atomic E-state index is 12.2. The number of hydrogen-bond donors (Lipinski definition) is 1. The van der Waals surface area contributed by atoms with Crippen LogP contribution in [0.25, 0.3) is 5.65 Å². The molecule has 0 radical (unpaired) electrons. The van der Waals surface area contributed by atoms with E-state index in [-0.39, 0.29) is 12.2 Å². The van der Waals surface area contributed by atoms with Crippen LogP contribution in [0, 0.1) is 6.92 Å². The lowest BCUT2D eigenvalue weighted by Crippen LogP contribution is -2.32. The summed E-state index contributed by atoms with van der Waals surface area (Å²) in [6, 6.07) is 11.0. The molecule has 1 aromatic carbocycles. The van der Waals surface area contributed by atoms with Gasteiger partial charge in [0.25, 0.3) is 5.91 Å². The van der Waals surface area contributed by atoms with E-state index in [1.165, 1.54) is 4.52 Å². The molecule has 0 spiro atoms. The van der Waals surface area contributed by atoms with Crippen molar-refractivity contribution in [2.45, 2.75) is 6.92 Å². The van der Waals surface area contributed by atoms with Gasteiger partial charge in [0.15, 0.2) is 12.3 Å². The van der Waals surface area contributed by atoms with Crippen molar-refractivity contribution >= 4 is 17.5 Å². The molecule has 0 bridgehead atoms. The van der Waals surface area contributed by atoms with Gasteiger partial charge in [0, 0.05) is 12.4 Å². The molecule has 0 saturated carbocycles. The fourth-order valence-corrected chi connectivity index (χ4v) is 2.37. The predicted octanol–water partition coefficient (Wildman–Crippen LogP) is 1.39. The first-order valence-corrected chi connectivity index (χ1v) is 8.07. The average Bonchev–Trinajstić information content (AvgIpc) is 3.00. The second kappa shape index (κ2) is 8.11. The molecule has 134 valence electrons. The number of para-hydroxylation sites is 1. The zero-order valence-electron chi connectivity index (χ0n) is 14.2. The fourth-order valence-electron chi connectivity index (χ4n) is 2.37. The fraction of sp³-hybridized carbons (Fsp3) is 0.222. The summed E-state index contributed by atoms with van der Waals surface area (Å²) in [6.45, 7) is 1.93. The third-order valence-electron chi connectivity index (χ3n) is 3.54. The lowest BCUT2D eigenvalue weighted by Gasteiger charge is -2.08. The summed E-state index contributed by atoms with van der Waals surface area (Å²) >= 11 is 0. The van der Waals surface area contributed by atoms with Crippen LogP contribution >= 0.6 is 0 Å². The van der Waals surface area contributed by atoms with Gasteiger partial charge in [-0.05, 0) is 25.1 Å². The Kier molecular flexibility index (Phi) is 5.43. The summed E-state index contributed by atoms with van der Waals surface area (Å²) in [5.74, 6) is -0.312. The Morgan fingerprint density at radius 3 is 2.81 bits per heavy atom. The van der Waals surface area contributed by atoms with Crippen molar-refractivity contribution in [1.82, 2.24) is 19.9 Å². The second-order valence-electron chi connectivity index (χ2n) is 5.44. The Morgan fingerprint density at radius 2 is 2.00 bits per heavy atom. The molecule has 1 N–H and O–H groups in total. The maximum Gasteiger partial charge on any atom is 0.344 e. The third kappa shape index (κ3) is 4.15. The number of rotatable bonds is 7. The molecule has 0 saturated heterocycles. The molecule has 1 amide bonds. The first-order chi connectivity index (χ1) is 12.6.